The average Bonchev–Trinajstić information content (AvgIpc) is 2.16. The van der Waals surface area contributed by atoms with Crippen molar-refractivity contribution < 1.29 is 4.21 Å². The van der Waals surface area contributed by atoms with Gasteiger partial charge in [-0.2, -0.15) is 0 Å². The topological polar surface area (TPSA) is 43.1 Å². The fourth-order valence-corrected chi connectivity index (χ4v) is 1.31. The first-order chi connectivity index (χ1) is 3.46. The monoisotopic (exact) mass is 133 g/mol. The second kappa shape index (κ2) is 1.28. The largest absolute Gasteiger partial charge is 0.259 e. The first kappa shape index (κ1) is 6.11. The highest BCUT2D eigenvalue weighted by Crippen LogP contribution is 2.40. The summed E-state index contributed by atoms with van der Waals surface area (Å²) >= 11 is 0. The Hall–Kier alpha value is -0.0200. The fraction of sp³-hybridized carbons (Fsp3) is 0.800. The number of nitrogens with two attached hydrogens (primary N) is 1. The Morgan fingerprint density at radius 2 is 2.12 bits per heavy atom. The average molecular weight is 133 g/mol. The summed E-state index contributed by atoms with van der Waals surface area (Å²) in [6, 6.07) is 0. The van der Waals surface area contributed by atoms with Gasteiger partial charge in [-0.3, -0.25) is 9.35 Å². The molecule has 0 aromatic rings. The van der Waals surface area contributed by atoms with Crippen LogP contribution in [0.5, 0.6) is 0 Å². The van der Waals surface area contributed by atoms with Gasteiger partial charge in [0.2, 0.25) is 0 Å². The molecule has 8 heavy (non-hydrogen) atoms. The molecule has 1 aliphatic carbocycles. The van der Waals surface area contributed by atoms with E-state index in [1.54, 1.807) is 0 Å². The van der Waals surface area contributed by atoms with E-state index >= 15 is 0 Å². The van der Waals surface area contributed by atoms with E-state index in [0.717, 1.165) is 12.8 Å². The molecule has 2 nitrogen and oxygen atoms in total. The van der Waals surface area contributed by atoms with E-state index in [1.807, 2.05) is 6.92 Å². The Bertz CT molecular complexity index is 188. The van der Waals surface area contributed by atoms with E-state index in [9.17, 15) is 4.21 Å². The van der Waals surface area contributed by atoms with Crippen LogP contribution < -0.4 is 5.14 Å². The van der Waals surface area contributed by atoms with Gasteiger partial charge < -0.3 is 0 Å². The molecular weight excluding hydrogens is 122 g/mol. The second-order valence-electron chi connectivity index (χ2n) is 2.68. The Morgan fingerprint density at radius 1 is 1.75 bits per heavy atom. The van der Waals surface area contributed by atoms with Crippen LogP contribution in [-0.4, -0.2) is 14.8 Å². The standard InChI is InChI=1S/C5H11NOS/c1-5(3-4-5)8(2,6)7/h2-4H2,1H3,(H2,6,7). The molecule has 48 valence electrons. The van der Waals surface area contributed by atoms with Crippen molar-refractivity contribution in [1.82, 2.24) is 0 Å². The second-order valence-corrected chi connectivity index (χ2v) is 5.11. The molecule has 0 aliphatic heterocycles. The van der Waals surface area contributed by atoms with Gasteiger partial charge in [0, 0.05) is 14.5 Å². The lowest BCUT2D eigenvalue weighted by molar-refractivity contribution is 0.671. The van der Waals surface area contributed by atoms with E-state index < -0.39 is 9.71 Å². The highest BCUT2D eigenvalue weighted by molar-refractivity contribution is 7.99. The van der Waals surface area contributed by atoms with E-state index in [2.05, 4.69) is 5.87 Å². The number of rotatable bonds is 1. The fourth-order valence-electron chi connectivity index (χ4n) is 0.522. The van der Waals surface area contributed by atoms with Crippen molar-refractivity contribution in [3.05, 3.63) is 0 Å². The van der Waals surface area contributed by atoms with Crippen molar-refractivity contribution in [1.29, 1.82) is 0 Å². The van der Waals surface area contributed by atoms with Gasteiger partial charge in [-0.25, -0.2) is 0 Å². The molecule has 0 heterocycles. The van der Waals surface area contributed by atoms with Gasteiger partial charge in [0.25, 0.3) is 0 Å². The lowest BCUT2D eigenvalue weighted by Crippen LogP contribution is -2.26. The Labute approximate surface area is 50.2 Å². The summed E-state index contributed by atoms with van der Waals surface area (Å²) in [6.07, 6.45) is 1.96. The molecule has 0 bridgehead atoms. The zero-order valence-electron chi connectivity index (χ0n) is 5.02. The molecule has 0 radical (unpaired) electrons. The summed E-state index contributed by atoms with van der Waals surface area (Å²) in [4.78, 5) is 0. The molecule has 2 N–H and O–H groups in total. The third-order valence-corrected chi connectivity index (χ3v) is 3.86. The molecule has 0 saturated heterocycles. The van der Waals surface area contributed by atoms with Gasteiger partial charge in [0.05, 0.1) is 0 Å². The molecule has 1 saturated carbocycles. The molecule has 1 aliphatic rings. The Morgan fingerprint density at radius 3 is 2.12 bits per heavy atom. The smallest absolute Gasteiger partial charge is 0.0483 e. The zero-order valence-corrected chi connectivity index (χ0v) is 5.83. The quantitative estimate of drug-likeness (QED) is 0.508. The molecule has 0 spiro atoms. The number of hydrogen-bond acceptors (Lipinski definition) is 1. The minimum atomic E-state index is -2.23. The van der Waals surface area contributed by atoms with Crippen LogP contribution in [0.25, 0.3) is 0 Å². The van der Waals surface area contributed by atoms with Crippen LogP contribution in [0.2, 0.25) is 0 Å². The molecule has 0 aromatic carbocycles. The van der Waals surface area contributed by atoms with Crippen molar-refractivity contribution in [3.63, 3.8) is 0 Å². The molecule has 1 fully saturated rings. The predicted molar refractivity (Wildman–Crippen MR) is 37.1 cm³/mol. The first-order valence-electron chi connectivity index (χ1n) is 2.60. The molecule has 1 rings (SSSR count). The number of hydrogen-bond donors (Lipinski definition) is 1. The minimum Gasteiger partial charge on any atom is -0.259 e. The van der Waals surface area contributed by atoms with Crippen LogP contribution in [0, 0.1) is 0 Å². The maximum atomic E-state index is 10.9. The highest BCUT2D eigenvalue weighted by Gasteiger charge is 2.43. The Balaban J connectivity index is 2.90. The highest BCUT2D eigenvalue weighted by atomic mass is 32.2. The minimum absolute atomic E-state index is 0.118. The van der Waals surface area contributed by atoms with Gasteiger partial charge in [-0.15, -0.1) is 0 Å². The van der Waals surface area contributed by atoms with E-state index in [1.165, 1.54) is 0 Å². The van der Waals surface area contributed by atoms with Gasteiger partial charge in [0.1, 0.15) is 0 Å². The van der Waals surface area contributed by atoms with E-state index in [0.29, 0.717) is 0 Å². The van der Waals surface area contributed by atoms with Gasteiger partial charge in [0.15, 0.2) is 0 Å². The zero-order chi connectivity index (χ0) is 6.41. The summed E-state index contributed by atoms with van der Waals surface area (Å²) in [7, 11) is -2.23. The van der Waals surface area contributed by atoms with Gasteiger partial charge in [-0.1, -0.05) is 0 Å². The molecular formula is C5H11NOS. The third kappa shape index (κ3) is 0.759. The Kier molecular flexibility index (Phi) is 0.975. The lowest BCUT2D eigenvalue weighted by atomic mass is 10.5. The summed E-state index contributed by atoms with van der Waals surface area (Å²) < 4.78 is 10.8. The third-order valence-electron chi connectivity index (χ3n) is 1.79. The maximum Gasteiger partial charge on any atom is 0.0483 e. The van der Waals surface area contributed by atoms with Gasteiger partial charge in [-0.05, 0) is 25.6 Å². The van der Waals surface area contributed by atoms with E-state index in [-0.39, 0.29) is 4.75 Å². The summed E-state index contributed by atoms with van der Waals surface area (Å²) in [5, 5.41) is 5.29. The molecule has 3 heteroatoms. The van der Waals surface area contributed by atoms with E-state index in [4.69, 9.17) is 5.14 Å². The SMILES string of the molecule is C=S(N)(=O)C1(C)CC1. The van der Waals surface area contributed by atoms with Crippen LogP contribution >= 0.6 is 0 Å². The maximum absolute atomic E-state index is 10.9. The van der Waals surface area contributed by atoms with Crippen molar-refractivity contribution in [2.24, 2.45) is 5.14 Å². The molecule has 0 aromatic heterocycles. The van der Waals surface area contributed by atoms with Crippen molar-refractivity contribution in [3.8, 4) is 0 Å². The van der Waals surface area contributed by atoms with Crippen LogP contribution in [0.3, 0.4) is 0 Å². The summed E-state index contributed by atoms with van der Waals surface area (Å²) in [5.74, 6) is 3.41. The predicted octanol–water partition coefficient (Wildman–Crippen LogP) is 0.129. The molecule has 1 unspecified atom stereocenters. The van der Waals surface area contributed by atoms with Gasteiger partial charge >= 0.3 is 0 Å². The lowest BCUT2D eigenvalue weighted by Gasteiger charge is -2.07. The normalized spacial score (nSPS) is 31.2. The first-order valence-corrected chi connectivity index (χ1v) is 4.39. The van der Waals surface area contributed by atoms with Crippen molar-refractivity contribution in [2.75, 3.05) is 0 Å². The van der Waals surface area contributed by atoms with Crippen molar-refractivity contribution in [2.45, 2.75) is 24.5 Å². The van der Waals surface area contributed by atoms with Crippen molar-refractivity contribution >= 4 is 15.6 Å². The van der Waals surface area contributed by atoms with Crippen LogP contribution in [0.4, 0.5) is 0 Å². The molecule has 1 atom stereocenters. The molecule has 0 amide bonds. The summed E-state index contributed by atoms with van der Waals surface area (Å²) in [6.45, 7) is 1.92. The van der Waals surface area contributed by atoms with Crippen LogP contribution in [0.15, 0.2) is 0 Å². The van der Waals surface area contributed by atoms with Crippen LogP contribution in [0.1, 0.15) is 19.8 Å². The summed E-state index contributed by atoms with van der Waals surface area (Å²) in [5.41, 5.74) is 0. The van der Waals surface area contributed by atoms with Crippen LogP contribution in [-0.2, 0) is 9.71 Å².